The molecule has 0 aliphatic heterocycles. The molecule has 3 aromatic rings. The van der Waals surface area contributed by atoms with Crippen LogP contribution in [0.2, 0.25) is 5.02 Å². The molecule has 0 fully saturated rings. The summed E-state index contributed by atoms with van der Waals surface area (Å²) < 4.78 is 6.90. The number of rotatable bonds is 4. The zero-order chi connectivity index (χ0) is 16.6. The van der Waals surface area contributed by atoms with E-state index in [-0.39, 0.29) is 5.91 Å². The number of ether oxygens (including phenoxy) is 1. The van der Waals surface area contributed by atoms with Crippen LogP contribution in [0.15, 0.2) is 18.2 Å². The van der Waals surface area contributed by atoms with Crippen LogP contribution in [-0.4, -0.2) is 33.0 Å². The van der Waals surface area contributed by atoms with E-state index < -0.39 is 0 Å². The number of halogens is 1. The molecule has 0 unspecified atom stereocenters. The number of fused-ring (bicyclic) bond motifs is 1. The van der Waals surface area contributed by atoms with Gasteiger partial charge < -0.3 is 10.1 Å². The Morgan fingerprint density at radius 1 is 1.48 bits per heavy atom. The van der Waals surface area contributed by atoms with Crippen LogP contribution in [0.5, 0.6) is 5.75 Å². The van der Waals surface area contributed by atoms with Crippen LogP contribution in [0, 0.1) is 0 Å². The first kappa shape index (κ1) is 15.4. The number of aromatic amines is 1. The number of nitrogens with zero attached hydrogens (tertiary/aromatic N) is 3. The molecule has 0 aliphatic rings. The summed E-state index contributed by atoms with van der Waals surface area (Å²) in [6.07, 6.45) is 0.736. The Morgan fingerprint density at radius 2 is 2.26 bits per heavy atom. The maximum Gasteiger partial charge on any atom is 0.260 e. The number of carbonyl (C=O) groups excluding carboxylic acids is 1. The van der Waals surface area contributed by atoms with Gasteiger partial charge in [-0.25, -0.2) is 4.68 Å². The fourth-order valence-electron chi connectivity index (χ4n) is 2.49. The second kappa shape index (κ2) is 5.92. The molecule has 0 radical (unpaired) electrons. The highest BCUT2D eigenvalue weighted by atomic mass is 35.5. The number of aryl methyl sites for hydroxylation is 2. The maximum absolute atomic E-state index is 12.6. The first-order valence-corrected chi connectivity index (χ1v) is 7.47. The molecule has 0 bridgehead atoms. The molecule has 0 atom stereocenters. The van der Waals surface area contributed by atoms with Gasteiger partial charge in [0.2, 0.25) is 0 Å². The molecule has 7 nitrogen and oxygen atoms in total. The smallest absolute Gasteiger partial charge is 0.260 e. The summed E-state index contributed by atoms with van der Waals surface area (Å²) in [5.74, 6) is 0.627. The lowest BCUT2D eigenvalue weighted by Gasteiger charge is -2.09. The van der Waals surface area contributed by atoms with Gasteiger partial charge in [0.25, 0.3) is 5.91 Å². The minimum atomic E-state index is -0.333. The van der Waals surface area contributed by atoms with Crippen molar-refractivity contribution in [2.24, 2.45) is 7.05 Å². The molecule has 0 saturated heterocycles. The third kappa shape index (κ3) is 2.63. The van der Waals surface area contributed by atoms with Crippen molar-refractivity contribution < 1.29 is 9.53 Å². The number of anilines is 1. The molecule has 1 aromatic carbocycles. The molecule has 120 valence electrons. The molecule has 8 heteroatoms. The van der Waals surface area contributed by atoms with E-state index in [2.05, 4.69) is 20.6 Å². The third-order valence-electron chi connectivity index (χ3n) is 3.59. The monoisotopic (exact) mass is 333 g/mol. The topological polar surface area (TPSA) is 84.8 Å². The summed E-state index contributed by atoms with van der Waals surface area (Å²) in [7, 11) is 3.32. The van der Waals surface area contributed by atoms with Crippen LogP contribution in [0.4, 0.5) is 5.82 Å². The standard InChI is InChI=1S/C15H16ClN5O2/c1-4-10-12-13(18-19-14(12)21(2)20-10)17-15(22)9-7-8(16)5-6-11(9)23-3/h5-7H,4H2,1-3H3,(H2,17,18,19,22). The van der Waals surface area contributed by atoms with Crippen LogP contribution in [0.25, 0.3) is 11.0 Å². The average Bonchev–Trinajstić information content (AvgIpc) is 3.09. The number of carbonyl (C=O) groups is 1. The molecule has 0 saturated carbocycles. The van der Waals surface area contributed by atoms with Crippen molar-refractivity contribution in [3.63, 3.8) is 0 Å². The van der Waals surface area contributed by atoms with Gasteiger partial charge in [-0.1, -0.05) is 18.5 Å². The molecule has 0 spiro atoms. The van der Waals surface area contributed by atoms with Crippen LogP contribution in [-0.2, 0) is 13.5 Å². The van der Waals surface area contributed by atoms with E-state index >= 15 is 0 Å². The van der Waals surface area contributed by atoms with Crippen molar-refractivity contribution in [2.75, 3.05) is 12.4 Å². The minimum absolute atomic E-state index is 0.333. The largest absolute Gasteiger partial charge is 0.496 e. The number of nitrogens with one attached hydrogen (secondary N) is 2. The van der Waals surface area contributed by atoms with Gasteiger partial charge in [-0.2, -0.15) is 10.2 Å². The molecule has 2 heterocycles. The Morgan fingerprint density at radius 3 is 2.96 bits per heavy atom. The van der Waals surface area contributed by atoms with Crippen molar-refractivity contribution in [3.05, 3.63) is 34.5 Å². The van der Waals surface area contributed by atoms with Crippen molar-refractivity contribution in [1.82, 2.24) is 20.0 Å². The van der Waals surface area contributed by atoms with E-state index in [1.165, 1.54) is 7.11 Å². The number of benzene rings is 1. The van der Waals surface area contributed by atoms with E-state index in [0.717, 1.165) is 17.5 Å². The predicted octanol–water partition coefficient (Wildman–Crippen LogP) is 2.77. The van der Waals surface area contributed by atoms with Crippen LogP contribution in [0.3, 0.4) is 0 Å². The second-order valence-electron chi connectivity index (χ2n) is 5.02. The van der Waals surface area contributed by atoms with Gasteiger partial charge in [0, 0.05) is 12.1 Å². The molecular formula is C15H16ClN5O2. The average molecular weight is 334 g/mol. The highest BCUT2D eigenvalue weighted by Crippen LogP contribution is 2.27. The van der Waals surface area contributed by atoms with Gasteiger partial charge in [-0.05, 0) is 24.6 Å². The number of hydrogen-bond donors (Lipinski definition) is 2. The Hall–Kier alpha value is -2.54. The van der Waals surface area contributed by atoms with E-state index in [1.54, 1.807) is 22.9 Å². The summed E-state index contributed by atoms with van der Waals surface area (Å²) in [5.41, 5.74) is 1.91. The number of amides is 1. The molecule has 2 N–H and O–H groups in total. The normalized spacial score (nSPS) is 11.0. The molecule has 2 aromatic heterocycles. The minimum Gasteiger partial charge on any atom is -0.496 e. The summed E-state index contributed by atoms with van der Waals surface area (Å²) in [4.78, 5) is 12.6. The van der Waals surface area contributed by atoms with Crippen molar-refractivity contribution in [1.29, 1.82) is 0 Å². The van der Waals surface area contributed by atoms with E-state index in [9.17, 15) is 4.79 Å². The fraction of sp³-hybridized carbons (Fsp3) is 0.267. The number of hydrogen-bond acceptors (Lipinski definition) is 4. The lowest BCUT2D eigenvalue weighted by Crippen LogP contribution is -2.14. The first-order valence-electron chi connectivity index (χ1n) is 7.10. The van der Waals surface area contributed by atoms with Crippen LogP contribution in [0.1, 0.15) is 23.0 Å². The second-order valence-corrected chi connectivity index (χ2v) is 5.46. The maximum atomic E-state index is 12.6. The molecule has 23 heavy (non-hydrogen) atoms. The lowest BCUT2D eigenvalue weighted by atomic mass is 10.2. The van der Waals surface area contributed by atoms with Crippen molar-refractivity contribution in [3.8, 4) is 5.75 Å². The van der Waals surface area contributed by atoms with E-state index in [4.69, 9.17) is 16.3 Å². The number of H-pyrrole nitrogens is 1. The first-order chi connectivity index (χ1) is 11.0. The molecular weight excluding hydrogens is 318 g/mol. The van der Waals surface area contributed by atoms with Gasteiger partial charge in [-0.3, -0.25) is 9.89 Å². The van der Waals surface area contributed by atoms with E-state index in [0.29, 0.717) is 27.8 Å². The molecule has 0 aliphatic carbocycles. The Balaban J connectivity index is 1.99. The zero-order valence-corrected chi connectivity index (χ0v) is 13.7. The number of methoxy groups -OCH3 is 1. The Bertz CT molecular complexity index is 884. The number of aromatic nitrogens is 4. The Labute approximate surface area is 137 Å². The van der Waals surface area contributed by atoms with E-state index in [1.807, 2.05) is 14.0 Å². The van der Waals surface area contributed by atoms with Gasteiger partial charge in [0.1, 0.15) is 11.6 Å². The summed E-state index contributed by atoms with van der Waals surface area (Å²) in [5, 5.41) is 15.5. The highest BCUT2D eigenvalue weighted by molar-refractivity contribution is 6.31. The Kier molecular flexibility index (Phi) is 3.96. The summed E-state index contributed by atoms with van der Waals surface area (Å²) >= 11 is 5.98. The van der Waals surface area contributed by atoms with Crippen molar-refractivity contribution >= 4 is 34.4 Å². The van der Waals surface area contributed by atoms with Crippen molar-refractivity contribution in [2.45, 2.75) is 13.3 Å². The summed E-state index contributed by atoms with van der Waals surface area (Å²) in [6.45, 7) is 2.00. The third-order valence-corrected chi connectivity index (χ3v) is 3.83. The van der Waals surface area contributed by atoms with Gasteiger partial charge in [0.15, 0.2) is 5.65 Å². The van der Waals surface area contributed by atoms with Crippen LogP contribution < -0.4 is 10.1 Å². The predicted molar refractivity (Wildman–Crippen MR) is 88.2 cm³/mol. The molecule has 1 amide bonds. The highest BCUT2D eigenvalue weighted by Gasteiger charge is 2.19. The van der Waals surface area contributed by atoms with Gasteiger partial charge in [0.05, 0.1) is 23.8 Å². The van der Waals surface area contributed by atoms with Gasteiger partial charge >= 0.3 is 0 Å². The SMILES string of the molecule is CCc1nn(C)c2n[nH]c(NC(=O)c3cc(Cl)ccc3OC)c12. The fourth-order valence-corrected chi connectivity index (χ4v) is 2.67. The lowest BCUT2D eigenvalue weighted by molar-refractivity contribution is 0.102. The van der Waals surface area contributed by atoms with Crippen LogP contribution >= 0.6 is 11.6 Å². The molecule has 3 rings (SSSR count). The van der Waals surface area contributed by atoms with Gasteiger partial charge in [-0.15, -0.1) is 0 Å². The summed E-state index contributed by atoms with van der Waals surface area (Å²) in [6, 6.07) is 4.89. The zero-order valence-electron chi connectivity index (χ0n) is 13.0. The quantitative estimate of drug-likeness (QED) is 0.768.